The number of hydrogen-bond acceptors (Lipinski definition) is 2. The van der Waals surface area contributed by atoms with Crippen molar-refractivity contribution < 1.29 is 4.79 Å². The minimum atomic E-state index is -0.480. The van der Waals surface area contributed by atoms with Gasteiger partial charge in [-0.1, -0.05) is 31.9 Å². The first-order valence-corrected chi connectivity index (χ1v) is 8.37. The van der Waals surface area contributed by atoms with E-state index >= 15 is 0 Å². The van der Waals surface area contributed by atoms with Gasteiger partial charge in [-0.2, -0.15) is 0 Å². The van der Waals surface area contributed by atoms with E-state index in [9.17, 15) is 4.79 Å². The number of carbonyl (C=O) groups excluding carboxylic acids is 1. The SMILES string of the molecule is C=CC(=O)N1CCC1(C)C#C/C(=C/N=C)C(=C)c1cc(C)c(CC)[nH]1. The zero-order valence-corrected chi connectivity index (χ0v) is 15.3. The number of likely N-dealkylation sites (tertiary alicyclic amines) is 1. The number of hydrogen-bond donors (Lipinski definition) is 1. The molecule has 0 radical (unpaired) electrons. The van der Waals surface area contributed by atoms with Crippen LogP contribution in [0.15, 0.2) is 42.1 Å². The Morgan fingerprint density at radius 3 is 2.76 bits per heavy atom. The molecule has 1 aromatic rings. The summed E-state index contributed by atoms with van der Waals surface area (Å²) in [4.78, 5) is 20.9. The summed E-state index contributed by atoms with van der Waals surface area (Å²) in [7, 11) is 0. The lowest BCUT2D eigenvalue weighted by molar-refractivity contribution is -0.136. The van der Waals surface area contributed by atoms with E-state index in [1.54, 1.807) is 11.1 Å². The van der Waals surface area contributed by atoms with Crippen LogP contribution in [0.1, 0.15) is 37.2 Å². The number of nitrogens with zero attached hydrogens (tertiary/aromatic N) is 2. The largest absolute Gasteiger partial charge is 0.358 e. The molecule has 2 heterocycles. The van der Waals surface area contributed by atoms with Crippen LogP contribution >= 0.6 is 0 Å². The standard InChI is InChI=1S/C21H25N3O/c1-7-18-15(3)13-19(23-18)16(4)17(14-22-6)9-10-21(5)11-12-24(21)20(25)8-2/h8,13-14,23H,2,4,6-7,11-12H2,1,3,5H3/b17-14-. The molecule has 1 N–H and O–H groups in total. The third-order valence-electron chi connectivity index (χ3n) is 4.67. The topological polar surface area (TPSA) is 48.5 Å². The highest BCUT2D eigenvalue weighted by molar-refractivity contribution is 5.89. The number of allylic oxidation sites excluding steroid dienone is 2. The average molecular weight is 335 g/mol. The van der Waals surface area contributed by atoms with Crippen molar-refractivity contribution in [3.05, 3.63) is 54.0 Å². The summed E-state index contributed by atoms with van der Waals surface area (Å²) < 4.78 is 0. The van der Waals surface area contributed by atoms with Crippen LogP contribution in [-0.2, 0) is 11.2 Å². The fourth-order valence-electron chi connectivity index (χ4n) is 2.91. The van der Waals surface area contributed by atoms with Gasteiger partial charge in [0.15, 0.2) is 0 Å². The van der Waals surface area contributed by atoms with Crippen molar-refractivity contribution in [1.82, 2.24) is 9.88 Å². The summed E-state index contributed by atoms with van der Waals surface area (Å²) in [5, 5.41) is 0. The summed E-state index contributed by atoms with van der Waals surface area (Å²) in [5.41, 5.74) is 4.29. The summed E-state index contributed by atoms with van der Waals surface area (Å²) in [6.45, 7) is 18.1. The zero-order chi connectivity index (χ0) is 18.6. The van der Waals surface area contributed by atoms with E-state index in [-0.39, 0.29) is 5.91 Å². The molecule has 130 valence electrons. The predicted octanol–water partition coefficient (Wildman–Crippen LogP) is 3.66. The van der Waals surface area contributed by atoms with E-state index in [0.29, 0.717) is 12.1 Å². The molecule has 2 rings (SSSR count). The normalized spacial score (nSPS) is 19.5. The number of aromatic amines is 1. The summed E-state index contributed by atoms with van der Waals surface area (Å²) in [5.74, 6) is 6.26. The Labute approximate surface area is 150 Å². The number of H-pyrrole nitrogens is 1. The van der Waals surface area contributed by atoms with Crippen molar-refractivity contribution in [2.45, 2.75) is 39.2 Å². The second-order valence-electron chi connectivity index (χ2n) is 6.37. The Morgan fingerprint density at radius 2 is 2.28 bits per heavy atom. The monoisotopic (exact) mass is 335 g/mol. The Morgan fingerprint density at radius 1 is 1.56 bits per heavy atom. The smallest absolute Gasteiger partial charge is 0.247 e. The molecule has 0 spiro atoms. The molecule has 1 amide bonds. The van der Waals surface area contributed by atoms with Crippen LogP contribution in [0.3, 0.4) is 0 Å². The number of rotatable bonds is 5. The zero-order valence-electron chi connectivity index (χ0n) is 15.3. The molecule has 1 aromatic heterocycles. The van der Waals surface area contributed by atoms with E-state index in [0.717, 1.165) is 24.1 Å². The third kappa shape index (κ3) is 3.66. The van der Waals surface area contributed by atoms with Crippen LogP contribution in [0.25, 0.3) is 5.57 Å². The van der Waals surface area contributed by atoms with Gasteiger partial charge in [-0.15, -0.1) is 0 Å². The molecule has 1 unspecified atom stereocenters. The van der Waals surface area contributed by atoms with Gasteiger partial charge in [0.1, 0.15) is 5.54 Å². The minimum Gasteiger partial charge on any atom is -0.358 e. The maximum absolute atomic E-state index is 11.9. The van der Waals surface area contributed by atoms with E-state index in [4.69, 9.17) is 0 Å². The first-order chi connectivity index (χ1) is 11.9. The maximum atomic E-state index is 11.9. The second-order valence-corrected chi connectivity index (χ2v) is 6.37. The van der Waals surface area contributed by atoms with Gasteiger partial charge in [0.25, 0.3) is 0 Å². The summed E-state index contributed by atoms with van der Waals surface area (Å²) >= 11 is 0. The van der Waals surface area contributed by atoms with Gasteiger partial charge in [0.2, 0.25) is 5.91 Å². The molecule has 0 aliphatic carbocycles. The van der Waals surface area contributed by atoms with Crippen molar-refractivity contribution >= 4 is 18.2 Å². The molecule has 4 heteroatoms. The second kappa shape index (κ2) is 7.40. The van der Waals surface area contributed by atoms with E-state index in [2.05, 4.69) is 61.6 Å². The Kier molecular flexibility index (Phi) is 5.48. The van der Waals surface area contributed by atoms with Crippen LogP contribution in [0.4, 0.5) is 0 Å². The van der Waals surface area contributed by atoms with Crippen LogP contribution in [0, 0.1) is 18.8 Å². The maximum Gasteiger partial charge on any atom is 0.247 e. The molecule has 4 nitrogen and oxygen atoms in total. The molecular formula is C21H25N3O. The Bertz CT molecular complexity index is 816. The number of aryl methyl sites for hydroxylation is 2. The van der Waals surface area contributed by atoms with Crippen molar-refractivity contribution in [1.29, 1.82) is 0 Å². The molecule has 0 saturated carbocycles. The first-order valence-electron chi connectivity index (χ1n) is 8.37. The first kappa shape index (κ1) is 18.5. The lowest BCUT2D eigenvalue weighted by atomic mass is 9.86. The molecule has 1 atom stereocenters. The predicted molar refractivity (Wildman–Crippen MR) is 104 cm³/mol. The lowest BCUT2D eigenvalue weighted by Gasteiger charge is -2.46. The molecule has 25 heavy (non-hydrogen) atoms. The fraction of sp³-hybridized carbons (Fsp3) is 0.333. The summed E-state index contributed by atoms with van der Waals surface area (Å²) in [6.07, 6.45) is 4.70. The van der Waals surface area contributed by atoms with E-state index in [1.165, 1.54) is 17.3 Å². The van der Waals surface area contributed by atoms with Gasteiger partial charge < -0.3 is 9.88 Å². The molecule has 1 fully saturated rings. The highest BCUT2D eigenvalue weighted by Gasteiger charge is 2.41. The molecule has 1 aliphatic heterocycles. The van der Waals surface area contributed by atoms with Crippen LogP contribution in [0.2, 0.25) is 0 Å². The van der Waals surface area contributed by atoms with Gasteiger partial charge in [0, 0.05) is 29.7 Å². The van der Waals surface area contributed by atoms with Gasteiger partial charge in [-0.05, 0) is 51.1 Å². The number of nitrogens with one attached hydrogen (secondary N) is 1. The fourth-order valence-corrected chi connectivity index (χ4v) is 2.91. The number of aromatic nitrogens is 1. The molecule has 0 aromatic carbocycles. The van der Waals surface area contributed by atoms with Gasteiger partial charge in [-0.3, -0.25) is 9.79 Å². The molecular weight excluding hydrogens is 310 g/mol. The van der Waals surface area contributed by atoms with Crippen molar-refractivity contribution in [3.63, 3.8) is 0 Å². The number of aliphatic imine (C=N–C) groups is 1. The van der Waals surface area contributed by atoms with Crippen LogP contribution in [-0.4, -0.2) is 34.6 Å². The number of carbonyl (C=O) groups is 1. The number of amides is 1. The molecule has 1 saturated heterocycles. The van der Waals surface area contributed by atoms with Crippen molar-refractivity contribution in [2.75, 3.05) is 6.54 Å². The van der Waals surface area contributed by atoms with Gasteiger partial charge in [0.05, 0.1) is 5.57 Å². The van der Waals surface area contributed by atoms with Crippen LogP contribution in [0.5, 0.6) is 0 Å². The lowest BCUT2D eigenvalue weighted by Crippen LogP contribution is -2.59. The summed E-state index contributed by atoms with van der Waals surface area (Å²) in [6, 6.07) is 2.07. The van der Waals surface area contributed by atoms with E-state index < -0.39 is 5.54 Å². The Balaban J connectivity index is 2.30. The van der Waals surface area contributed by atoms with Gasteiger partial charge >= 0.3 is 0 Å². The average Bonchev–Trinajstić information content (AvgIpc) is 2.97. The van der Waals surface area contributed by atoms with E-state index in [1.807, 2.05) is 6.92 Å². The minimum absolute atomic E-state index is 0.0955. The molecule has 1 aliphatic rings. The van der Waals surface area contributed by atoms with Crippen LogP contribution < -0.4 is 0 Å². The Hall–Kier alpha value is -2.80. The quantitative estimate of drug-likeness (QED) is 0.379. The van der Waals surface area contributed by atoms with Crippen molar-refractivity contribution in [3.8, 4) is 11.8 Å². The molecule has 0 bridgehead atoms. The highest BCUT2D eigenvalue weighted by atomic mass is 16.2. The highest BCUT2D eigenvalue weighted by Crippen LogP contribution is 2.30. The third-order valence-corrected chi connectivity index (χ3v) is 4.67. The van der Waals surface area contributed by atoms with Crippen molar-refractivity contribution in [2.24, 2.45) is 4.99 Å². The van der Waals surface area contributed by atoms with Gasteiger partial charge in [-0.25, -0.2) is 0 Å².